The van der Waals surface area contributed by atoms with Crippen LogP contribution in [0.15, 0.2) is 66.9 Å². The summed E-state index contributed by atoms with van der Waals surface area (Å²) in [7, 11) is 0. The standard InChI is InChI=1S/C23H18N2O5/c26-19(17-6-3-4-10-24-17)12-23(28)16-5-1-2-7-18(16)25(22(23)27)13-15-8-9-20-21(11-15)30-14-29-20/h1-11,28H,12-14H2. The van der Waals surface area contributed by atoms with Crippen molar-refractivity contribution in [2.24, 2.45) is 0 Å². The fourth-order valence-corrected chi connectivity index (χ4v) is 3.91. The molecule has 0 saturated heterocycles. The number of ketones is 1. The average Bonchev–Trinajstić information content (AvgIpc) is 3.32. The second kappa shape index (κ2) is 6.96. The zero-order valence-corrected chi connectivity index (χ0v) is 15.9. The Morgan fingerprint density at radius 1 is 1.07 bits per heavy atom. The Bertz CT molecular complexity index is 1150. The first kappa shape index (κ1) is 18.3. The molecule has 7 heteroatoms. The van der Waals surface area contributed by atoms with Crippen molar-refractivity contribution in [2.75, 3.05) is 11.7 Å². The highest BCUT2D eigenvalue weighted by molar-refractivity contribution is 6.10. The molecule has 2 aliphatic rings. The molecule has 0 aliphatic carbocycles. The summed E-state index contributed by atoms with van der Waals surface area (Å²) in [6.07, 6.45) is 1.13. The Labute approximate surface area is 172 Å². The van der Waals surface area contributed by atoms with Crippen LogP contribution in [0, 0.1) is 0 Å². The van der Waals surface area contributed by atoms with Gasteiger partial charge in [0.25, 0.3) is 5.91 Å². The summed E-state index contributed by atoms with van der Waals surface area (Å²) in [5.74, 6) is 0.342. The maximum atomic E-state index is 13.3. The Morgan fingerprint density at radius 3 is 2.70 bits per heavy atom. The smallest absolute Gasteiger partial charge is 0.264 e. The van der Waals surface area contributed by atoms with E-state index in [1.807, 2.05) is 12.1 Å². The van der Waals surface area contributed by atoms with Crippen molar-refractivity contribution < 1.29 is 24.2 Å². The van der Waals surface area contributed by atoms with Crippen molar-refractivity contribution in [3.63, 3.8) is 0 Å². The molecule has 0 bridgehead atoms. The van der Waals surface area contributed by atoms with Gasteiger partial charge >= 0.3 is 0 Å². The summed E-state index contributed by atoms with van der Waals surface area (Å²) < 4.78 is 10.7. The fraction of sp³-hybridized carbons (Fsp3) is 0.174. The summed E-state index contributed by atoms with van der Waals surface area (Å²) >= 11 is 0. The van der Waals surface area contributed by atoms with Crippen LogP contribution in [0.4, 0.5) is 5.69 Å². The summed E-state index contributed by atoms with van der Waals surface area (Å²) in [5.41, 5.74) is 0.0892. The normalized spacial score (nSPS) is 19.1. The number of rotatable bonds is 5. The molecule has 0 spiro atoms. The van der Waals surface area contributed by atoms with Gasteiger partial charge in [-0.25, -0.2) is 0 Å². The van der Waals surface area contributed by atoms with E-state index in [9.17, 15) is 14.7 Å². The molecule has 5 rings (SSSR count). The van der Waals surface area contributed by atoms with Crippen LogP contribution in [0.5, 0.6) is 11.5 Å². The number of fused-ring (bicyclic) bond motifs is 2. The first-order valence-corrected chi connectivity index (χ1v) is 9.53. The first-order chi connectivity index (χ1) is 14.6. The van der Waals surface area contributed by atoms with Gasteiger partial charge in [0.2, 0.25) is 6.79 Å². The van der Waals surface area contributed by atoms with E-state index in [2.05, 4.69) is 4.98 Å². The molecule has 1 unspecified atom stereocenters. The molecule has 2 aliphatic heterocycles. The summed E-state index contributed by atoms with van der Waals surface area (Å²) in [6.45, 7) is 0.395. The van der Waals surface area contributed by atoms with E-state index in [1.54, 1.807) is 48.5 Å². The number of pyridine rings is 1. The fourth-order valence-electron chi connectivity index (χ4n) is 3.91. The first-order valence-electron chi connectivity index (χ1n) is 9.53. The van der Waals surface area contributed by atoms with Crippen LogP contribution in [0.1, 0.15) is 28.0 Å². The predicted octanol–water partition coefficient (Wildman–Crippen LogP) is 2.82. The molecule has 0 radical (unpaired) electrons. The van der Waals surface area contributed by atoms with Crippen LogP contribution in [-0.4, -0.2) is 28.6 Å². The SMILES string of the molecule is O=C(CC1(O)C(=O)N(Cc2ccc3c(c2)OCO3)c2ccccc21)c1ccccn1. The number of anilines is 1. The third kappa shape index (κ3) is 2.91. The van der Waals surface area contributed by atoms with Gasteiger partial charge in [-0.05, 0) is 35.9 Å². The number of ether oxygens (including phenoxy) is 2. The Balaban J connectivity index is 1.47. The number of para-hydroxylation sites is 1. The quantitative estimate of drug-likeness (QED) is 0.660. The Kier molecular flexibility index (Phi) is 4.25. The van der Waals surface area contributed by atoms with Crippen molar-refractivity contribution in [1.29, 1.82) is 0 Å². The number of Topliss-reactive ketones (excluding diaryl/α,β-unsaturated/α-hetero) is 1. The lowest BCUT2D eigenvalue weighted by Crippen LogP contribution is -2.41. The molecule has 0 fully saturated rings. The molecule has 3 heterocycles. The van der Waals surface area contributed by atoms with Gasteiger partial charge in [0.15, 0.2) is 22.9 Å². The third-order valence-electron chi connectivity index (χ3n) is 5.38. The van der Waals surface area contributed by atoms with Crippen LogP contribution in [-0.2, 0) is 16.9 Å². The number of carbonyl (C=O) groups is 2. The van der Waals surface area contributed by atoms with Crippen LogP contribution >= 0.6 is 0 Å². The Morgan fingerprint density at radius 2 is 1.87 bits per heavy atom. The van der Waals surface area contributed by atoms with Gasteiger partial charge in [0.05, 0.1) is 18.7 Å². The van der Waals surface area contributed by atoms with E-state index in [-0.39, 0.29) is 25.5 Å². The number of amides is 1. The lowest BCUT2D eigenvalue weighted by Gasteiger charge is -2.22. The van der Waals surface area contributed by atoms with Gasteiger partial charge in [-0.2, -0.15) is 0 Å². The minimum atomic E-state index is -1.94. The molecule has 7 nitrogen and oxygen atoms in total. The number of aliphatic hydroxyl groups is 1. The van der Waals surface area contributed by atoms with Crippen LogP contribution in [0.25, 0.3) is 0 Å². The lowest BCUT2D eigenvalue weighted by atomic mass is 9.89. The number of hydrogen-bond acceptors (Lipinski definition) is 6. The molecular formula is C23H18N2O5. The van der Waals surface area contributed by atoms with E-state index in [1.165, 1.54) is 11.1 Å². The van der Waals surface area contributed by atoms with Crippen molar-refractivity contribution in [3.05, 3.63) is 83.7 Å². The van der Waals surface area contributed by atoms with Crippen molar-refractivity contribution in [3.8, 4) is 11.5 Å². The molecule has 0 saturated carbocycles. The molecule has 1 amide bonds. The van der Waals surface area contributed by atoms with Gasteiger partial charge in [0, 0.05) is 11.8 Å². The number of aromatic nitrogens is 1. The predicted molar refractivity (Wildman–Crippen MR) is 107 cm³/mol. The highest BCUT2D eigenvalue weighted by atomic mass is 16.7. The zero-order chi connectivity index (χ0) is 20.7. The second-order valence-electron chi connectivity index (χ2n) is 7.27. The highest BCUT2D eigenvalue weighted by Crippen LogP contribution is 2.44. The zero-order valence-electron chi connectivity index (χ0n) is 15.9. The maximum Gasteiger partial charge on any atom is 0.264 e. The maximum absolute atomic E-state index is 13.3. The largest absolute Gasteiger partial charge is 0.454 e. The summed E-state index contributed by atoms with van der Waals surface area (Å²) in [6, 6.07) is 17.4. The van der Waals surface area contributed by atoms with Gasteiger partial charge in [-0.15, -0.1) is 0 Å². The van der Waals surface area contributed by atoms with Gasteiger partial charge in [-0.3, -0.25) is 14.6 Å². The monoisotopic (exact) mass is 402 g/mol. The van der Waals surface area contributed by atoms with E-state index < -0.39 is 17.3 Å². The van der Waals surface area contributed by atoms with Crippen LogP contribution in [0.2, 0.25) is 0 Å². The van der Waals surface area contributed by atoms with E-state index in [0.717, 1.165) is 5.56 Å². The minimum Gasteiger partial charge on any atom is -0.454 e. The van der Waals surface area contributed by atoms with Crippen molar-refractivity contribution >= 4 is 17.4 Å². The molecule has 1 aromatic heterocycles. The number of carbonyl (C=O) groups excluding carboxylic acids is 2. The van der Waals surface area contributed by atoms with E-state index in [4.69, 9.17) is 9.47 Å². The minimum absolute atomic E-state index is 0.166. The molecular weight excluding hydrogens is 384 g/mol. The molecule has 150 valence electrons. The molecule has 2 aromatic carbocycles. The lowest BCUT2D eigenvalue weighted by molar-refractivity contribution is -0.136. The van der Waals surface area contributed by atoms with E-state index in [0.29, 0.717) is 22.7 Å². The molecule has 3 aromatic rings. The molecule has 1 atom stereocenters. The molecule has 1 N–H and O–H groups in total. The van der Waals surface area contributed by atoms with E-state index >= 15 is 0 Å². The van der Waals surface area contributed by atoms with Crippen molar-refractivity contribution in [1.82, 2.24) is 4.98 Å². The number of benzene rings is 2. The third-order valence-corrected chi connectivity index (χ3v) is 5.38. The van der Waals surface area contributed by atoms with Crippen LogP contribution in [0.3, 0.4) is 0 Å². The topological polar surface area (TPSA) is 89.0 Å². The Hall–Kier alpha value is -3.71. The average molecular weight is 402 g/mol. The van der Waals surface area contributed by atoms with Gasteiger partial charge in [-0.1, -0.05) is 30.3 Å². The van der Waals surface area contributed by atoms with Gasteiger partial charge in [0.1, 0.15) is 5.69 Å². The molecule has 30 heavy (non-hydrogen) atoms. The van der Waals surface area contributed by atoms with Gasteiger partial charge < -0.3 is 19.5 Å². The summed E-state index contributed by atoms with van der Waals surface area (Å²) in [4.78, 5) is 31.6. The van der Waals surface area contributed by atoms with Crippen LogP contribution < -0.4 is 14.4 Å². The van der Waals surface area contributed by atoms with Crippen molar-refractivity contribution in [2.45, 2.75) is 18.6 Å². The number of nitrogens with zero attached hydrogens (tertiary/aromatic N) is 2. The number of hydrogen-bond donors (Lipinski definition) is 1. The highest BCUT2D eigenvalue weighted by Gasteiger charge is 2.50. The summed E-state index contributed by atoms with van der Waals surface area (Å²) in [5, 5.41) is 11.4. The second-order valence-corrected chi connectivity index (χ2v) is 7.27.